The van der Waals surface area contributed by atoms with Gasteiger partial charge in [-0.1, -0.05) is 37.3 Å². The summed E-state index contributed by atoms with van der Waals surface area (Å²) in [5.74, 6) is 1.03. The minimum atomic E-state index is 0.941. The Balaban J connectivity index is 1.89. The summed E-state index contributed by atoms with van der Waals surface area (Å²) in [6, 6.07) is 14.5. The van der Waals surface area contributed by atoms with Gasteiger partial charge < -0.3 is 4.90 Å². The summed E-state index contributed by atoms with van der Waals surface area (Å²) in [5, 5.41) is 1.11. The van der Waals surface area contributed by atoms with Crippen molar-refractivity contribution >= 4 is 37.6 Å². The third-order valence-electron chi connectivity index (χ3n) is 4.34. The molecule has 1 aromatic carbocycles. The van der Waals surface area contributed by atoms with Crippen molar-refractivity contribution in [2.24, 2.45) is 0 Å². The van der Waals surface area contributed by atoms with Crippen LogP contribution in [0.5, 0.6) is 0 Å². The number of hydrogen-bond acceptors (Lipinski definition) is 5. The molecule has 0 unspecified atom stereocenters. The zero-order valence-corrected chi connectivity index (χ0v) is 15.3. The highest BCUT2D eigenvalue weighted by atomic mass is 32.1. The predicted octanol–water partition coefficient (Wildman–Crippen LogP) is 5.14. The summed E-state index contributed by atoms with van der Waals surface area (Å²) in [4.78, 5) is 17.3. The van der Waals surface area contributed by atoms with Crippen molar-refractivity contribution in [3.63, 3.8) is 0 Å². The lowest BCUT2D eigenvalue weighted by molar-refractivity contribution is 0.781. The van der Waals surface area contributed by atoms with Crippen LogP contribution in [0.15, 0.2) is 48.8 Å². The highest BCUT2D eigenvalue weighted by molar-refractivity contribution is 7.25. The van der Waals surface area contributed by atoms with Gasteiger partial charge in [-0.15, -0.1) is 11.3 Å². The molecule has 0 radical (unpaired) electrons. The topological polar surface area (TPSA) is 41.9 Å². The van der Waals surface area contributed by atoms with Crippen molar-refractivity contribution in [3.8, 4) is 11.3 Å². The Kier molecular flexibility index (Phi) is 4.32. The highest BCUT2D eigenvalue weighted by Crippen LogP contribution is 2.37. The second-order valence-corrected chi connectivity index (χ2v) is 6.97. The SMILES string of the molecule is CCCN(CC)c1ncnc2c1sc1nc(-c3ccccc3)ccc12. The Morgan fingerprint density at radius 1 is 1.00 bits per heavy atom. The van der Waals surface area contributed by atoms with Crippen molar-refractivity contribution in [3.05, 3.63) is 48.8 Å². The summed E-state index contributed by atoms with van der Waals surface area (Å²) in [6.07, 6.45) is 2.77. The zero-order valence-electron chi connectivity index (χ0n) is 14.4. The van der Waals surface area contributed by atoms with Crippen LogP contribution in [0.1, 0.15) is 20.3 Å². The van der Waals surface area contributed by atoms with Crippen LogP contribution in [0.2, 0.25) is 0 Å². The van der Waals surface area contributed by atoms with Gasteiger partial charge in [0.05, 0.1) is 15.9 Å². The number of benzene rings is 1. The van der Waals surface area contributed by atoms with Gasteiger partial charge in [0.15, 0.2) is 0 Å². The second-order valence-electron chi connectivity index (χ2n) is 5.97. The number of fused-ring (bicyclic) bond motifs is 3. The van der Waals surface area contributed by atoms with Gasteiger partial charge in [-0.25, -0.2) is 15.0 Å². The molecule has 0 fully saturated rings. The lowest BCUT2D eigenvalue weighted by Crippen LogP contribution is -2.24. The zero-order chi connectivity index (χ0) is 17.2. The van der Waals surface area contributed by atoms with Crippen LogP contribution in [-0.4, -0.2) is 28.0 Å². The van der Waals surface area contributed by atoms with Crippen LogP contribution < -0.4 is 4.90 Å². The molecule has 25 heavy (non-hydrogen) atoms. The van der Waals surface area contributed by atoms with Crippen molar-refractivity contribution < 1.29 is 0 Å². The monoisotopic (exact) mass is 348 g/mol. The number of nitrogens with zero attached hydrogens (tertiary/aromatic N) is 4. The Morgan fingerprint density at radius 2 is 1.84 bits per heavy atom. The van der Waals surface area contributed by atoms with Gasteiger partial charge in [-0.2, -0.15) is 0 Å². The molecular weight excluding hydrogens is 328 g/mol. The summed E-state index contributed by atoms with van der Waals surface area (Å²) in [7, 11) is 0. The van der Waals surface area contributed by atoms with E-state index in [1.165, 1.54) is 0 Å². The van der Waals surface area contributed by atoms with Gasteiger partial charge in [-0.3, -0.25) is 0 Å². The normalized spacial score (nSPS) is 11.3. The van der Waals surface area contributed by atoms with Crippen LogP contribution in [-0.2, 0) is 0 Å². The molecule has 3 heterocycles. The molecule has 0 N–H and O–H groups in total. The van der Waals surface area contributed by atoms with Gasteiger partial charge >= 0.3 is 0 Å². The third kappa shape index (κ3) is 2.85. The van der Waals surface area contributed by atoms with Gasteiger partial charge in [0.1, 0.15) is 17.0 Å². The lowest BCUT2D eigenvalue weighted by atomic mass is 10.1. The molecule has 0 atom stereocenters. The molecule has 4 nitrogen and oxygen atoms in total. The molecule has 0 aliphatic carbocycles. The number of pyridine rings is 1. The molecule has 0 aliphatic heterocycles. The Bertz CT molecular complexity index is 1010. The molecule has 0 spiro atoms. The fraction of sp³-hybridized carbons (Fsp3) is 0.250. The van der Waals surface area contributed by atoms with E-state index in [9.17, 15) is 0 Å². The molecule has 0 saturated heterocycles. The molecule has 4 rings (SSSR count). The Labute approximate surface area is 151 Å². The van der Waals surface area contributed by atoms with E-state index in [2.05, 4.69) is 53.0 Å². The Morgan fingerprint density at radius 3 is 2.60 bits per heavy atom. The maximum absolute atomic E-state index is 4.89. The van der Waals surface area contributed by atoms with Crippen molar-refractivity contribution in [1.29, 1.82) is 0 Å². The molecule has 0 bridgehead atoms. The fourth-order valence-corrected chi connectivity index (χ4v) is 4.27. The molecule has 0 amide bonds. The van der Waals surface area contributed by atoms with E-state index >= 15 is 0 Å². The highest BCUT2D eigenvalue weighted by Gasteiger charge is 2.16. The van der Waals surface area contributed by atoms with Crippen LogP contribution in [0.3, 0.4) is 0 Å². The Hall–Kier alpha value is -2.53. The third-order valence-corrected chi connectivity index (χ3v) is 5.43. The van der Waals surface area contributed by atoms with Gasteiger partial charge in [-0.05, 0) is 25.5 Å². The minimum Gasteiger partial charge on any atom is -0.356 e. The van der Waals surface area contributed by atoms with Crippen LogP contribution in [0.4, 0.5) is 5.82 Å². The van der Waals surface area contributed by atoms with Crippen LogP contribution in [0, 0.1) is 0 Å². The van der Waals surface area contributed by atoms with E-state index in [0.717, 1.165) is 57.0 Å². The molecule has 0 aliphatic rings. The number of anilines is 1. The predicted molar refractivity (Wildman–Crippen MR) is 106 cm³/mol. The quantitative estimate of drug-likeness (QED) is 0.500. The number of thiophene rings is 1. The summed E-state index contributed by atoms with van der Waals surface area (Å²) >= 11 is 1.69. The smallest absolute Gasteiger partial charge is 0.150 e. The first kappa shape index (κ1) is 16.0. The molecule has 3 aromatic heterocycles. The first-order valence-electron chi connectivity index (χ1n) is 8.66. The van der Waals surface area contributed by atoms with E-state index < -0.39 is 0 Å². The minimum absolute atomic E-state index is 0.941. The first-order chi connectivity index (χ1) is 12.3. The molecule has 0 saturated carbocycles. The standard InChI is InChI=1S/C20H20N4S/c1-3-12-24(4-2)19-18-17(21-13-22-19)15-10-11-16(23-20(15)25-18)14-8-6-5-7-9-14/h5-11,13H,3-4,12H2,1-2H3. The largest absolute Gasteiger partial charge is 0.356 e. The maximum Gasteiger partial charge on any atom is 0.150 e. The van der Waals surface area contributed by atoms with Gasteiger partial charge in [0, 0.05) is 24.0 Å². The summed E-state index contributed by atoms with van der Waals surface area (Å²) < 4.78 is 1.13. The maximum atomic E-state index is 4.89. The van der Waals surface area contributed by atoms with E-state index in [-0.39, 0.29) is 0 Å². The fourth-order valence-electron chi connectivity index (χ4n) is 3.12. The van der Waals surface area contributed by atoms with E-state index in [1.54, 1.807) is 17.7 Å². The molecule has 4 aromatic rings. The number of rotatable bonds is 5. The molecule has 5 heteroatoms. The molecular formula is C20H20N4S. The van der Waals surface area contributed by atoms with Gasteiger partial charge in [0.25, 0.3) is 0 Å². The van der Waals surface area contributed by atoms with Crippen molar-refractivity contribution in [2.45, 2.75) is 20.3 Å². The van der Waals surface area contributed by atoms with Crippen molar-refractivity contribution in [2.75, 3.05) is 18.0 Å². The van der Waals surface area contributed by atoms with Crippen LogP contribution >= 0.6 is 11.3 Å². The number of hydrogen-bond donors (Lipinski definition) is 0. The van der Waals surface area contributed by atoms with E-state index in [4.69, 9.17) is 4.98 Å². The van der Waals surface area contributed by atoms with Crippen molar-refractivity contribution in [1.82, 2.24) is 15.0 Å². The average molecular weight is 348 g/mol. The van der Waals surface area contributed by atoms with Gasteiger partial charge in [0.2, 0.25) is 0 Å². The molecule has 126 valence electrons. The lowest BCUT2D eigenvalue weighted by Gasteiger charge is -2.21. The van der Waals surface area contributed by atoms with E-state index in [0.29, 0.717) is 0 Å². The second kappa shape index (κ2) is 6.76. The van der Waals surface area contributed by atoms with E-state index in [1.807, 2.05) is 18.2 Å². The number of aromatic nitrogens is 3. The summed E-state index contributed by atoms with van der Waals surface area (Å²) in [5.41, 5.74) is 3.14. The van der Waals surface area contributed by atoms with Crippen LogP contribution in [0.25, 0.3) is 31.7 Å². The average Bonchev–Trinajstić information content (AvgIpc) is 3.05. The first-order valence-corrected chi connectivity index (χ1v) is 9.48. The summed E-state index contributed by atoms with van der Waals surface area (Å²) in [6.45, 7) is 6.30.